The Morgan fingerprint density at radius 2 is 2.15 bits per heavy atom. The number of H-pyrrole nitrogens is 1. The van der Waals surface area contributed by atoms with Crippen molar-refractivity contribution in [1.82, 2.24) is 14.8 Å². The Kier molecular flexibility index (Phi) is 4.19. The highest BCUT2D eigenvalue weighted by Gasteiger charge is 2.36. The lowest BCUT2D eigenvalue weighted by Gasteiger charge is -2.16. The fourth-order valence-electron chi connectivity index (χ4n) is 3.53. The van der Waals surface area contributed by atoms with E-state index >= 15 is 0 Å². The van der Waals surface area contributed by atoms with E-state index in [0.29, 0.717) is 23.5 Å². The maximum absolute atomic E-state index is 12.3. The molecule has 2 aromatic rings. The average Bonchev–Trinajstić information content (AvgIpc) is 3.03. The van der Waals surface area contributed by atoms with E-state index in [1.807, 2.05) is 6.92 Å². The van der Waals surface area contributed by atoms with Gasteiger partial charge in [-0.3, -0.25) is 9.59 Å². The Morgan fingerprint density at radius 3 is 2.85 bits per heavy atom. The monoisotopic (exact) mass is 394 g/mol. The molecular formula is C16H18N4O4S2. The molecular weight excluding hydrogens is 376 g/mol. The second-order valence-electron chi connectivity index (χ2n) is 6.54. The molecule has 0 radical (unpaired) electrons. The second-order valence-corrected chi connectivity index (χ2v) is 9.87. The number of carbonyl (C=O) groups excluding carboxylic acids is 1. The van der Waals surface area contributed by atoms with Gasteiger partial charge in [0.05, 0.1) is 34.2 Å². The zero-order valence-electron chi connectivity index (χ0n) is 14.1. The molecule has 4 heterocycles. The third kappa shape index (κ3) is 2.96. The lowest BCUT2D eigenvalue weighted by atomic mass is 10.1. The van der Waals surface area contributed by atoms with E-state index in [4.69, 9.17) is 0 Å². The number of carbonyl (C=O) groups is 1. The molecule has 2 N–H and O–H groups in total. The minimum Gasteiger partial charge on any atom is -0.329 e. The summed E-state index contributed by atoms with van der Waals surface area (Å²) in [7, 11) is -3.09. The zero-order chi connectivity index (χ0) is 18.5. The van der Waals surface area contributed by atoms with Crippen molar-refractivity contribution in [2.24, 2.45) is 0 Å². The quantitative estimate of drug-likeness (QED) is 0.786. The normalized spacial score (nSPS) is 24.7. The van der Waals surface area contributed by atoms with Gasteiger partial charge in [-0.25, -0.2) is 13.1 Å². The van der Waals surface area contributed by atoms with Crippen molar-refractivity contribution >= 4 is 33.3 Å². The van der Waals surface area contributed by atoms with Gasteiger partial charge in [-0.15, -0.1) is 11.8 Å². The molecule has 1 saturated heterocycles. The van der Waals surface area contributed by atoms with Gasteiger partial charge >= 0.3 is 0 Å². The molecule has 2 atom stereocenters. The molecule has 8 nitrogen and oxygen atoms in total. The molecule has 0 aliphatic carbocycles. The van der Waals surface area contributed by atoms with Crippen LogP contribution in [0.25, 0.3) is 0 Å². The van der Waals surface area contributed by atoms with Gasteiger partial charge in [0.15, 0.2) is 9.84 Å². The summed E-state index contributed by atoms with van der Waals surface area (Å²) >= 11 is 1.37. The average molecular weight is 394 g/mol. The minimum atomic E-state index is -3.09. The van der Waals surface area contributed by atoms with E-state index in [1.54, 1.807) is 23.0 Å². The van der Waals surface area contributed by atoms with E-state index in [0.717, 1.165) is 5.56 Å². The number of pyridine rings is 1. The Labute approximate surface area is 154 Å². The number of hydrogen-bond donors (Lipinski definition) is 2. The third-order valence-electron chi connectivity index (χ3n) is 4.72. The molecule has 0 bridgehead atoms. The van der Waals surface area contributed by atoms with Crippen molar-refractivity contribution < 1.29 is 13.2 Å². The number of aromatic nitrogens is 3. The molecule has 2 aromatic heterocycles. The topological polar surface area (TPSA) is 114 Å². The third-order valence-corrected chi connectivity index (χ3v) is 7.72. The summed E-state index contributed by atoms with van der Waals surface area (Å²) in [5, 5.41) is 7.06. The summed E-state index contributed by atoms with van der Waals surface area (Å²) < 4.78 is 25.4. The van der Waals surface area contributed by atoms with E-state index in [-0.39, 0.29) is 40.0 Å². The summed E-state index contributed by atoms with van der Waals surface area (Å²) in [4.78, 5) is 27.2. The Hall–Kier alpha value is -2.07. The van der Waals surface area contributed by atoms with Crippen molar-refractivity contribution in [2.45, 2.75) is 24.6 Å². The molecule has 2 aliphatic rings. The Balaban J connectivity index is 1.86. The van der Waals surface area contributed by atoms with Gasteiger partial charge in [-0.2, -0.15) is 5.10 Å². The Morgan fingerprint density at radius 1 is 1.35 bits per heavy atom. The number of aromatic amines is 1. The van der Waals surface area contributed by atoms with E-state index < -0.39 is 9.84 Å². The summed E-state index contributed by atoms with van der Waals surface area (Å²) in [6, 6.07) is 3.19. The standard InChI is InChI=1S/C16H18N4O4S2/c1-9-13-14(11-3-2-5-17-16(11)22)25-7-12(21)18-15(13)20(19-9)10-4-6-26(23,24)8-10/h2-3,5,10,14H,4,6-8H2,1H3,(H,17,22)(H,18,21)/t10-,14-/m0/s1. The lowest BCUT2D eigenvalue weighted by molar-refractivity contribution is -0.113. The molecule has 0 unspecified atom stereocenters. The predicted octanol–water partition coefficient (Wildman–Crippen LogP) is 1.01. The van der Waals surface area contributed by atoms with Crippen LogP contribution in [0.4, 0.5) is 5.82 Å². The number of aryl methyl sites for hydroxylation is 1. The van der Waals surface area contributed by atoms with Crippen molar-refractivity contribution in [2.75, 3.05) is 22.6 Å². The first-order valence-electron chi connectivity index (χ1n) is 8.24. The molecule has 0 aromatic carbocycles. The van der Waals surface area contributed by atoms with Crippen LogP contribution in [0.5, 0.6) is 0 Å². The van der Waals surface area contributed by atoms with Gasteiger partial charge in [-0.05, 0) is 19.4 Å². The number of amides is 1. The molecule has 138 valence electrons. The van der Waals surface area contributed by atoms with Crippen LogP contribution in [0.1, 0.15) is 34.5 Å². The number of anilines is 1. The molecule has 1 amide bonds. The van der Waals surface area contributed by atoms with Crippen LogP contribution in [-0.4, -0.2) is 46.3 Å². The number of sulfone groups is 1. The minimum absolute atomic E-state index is 0.0140. The van der Waals surface area contributed by atoms with Crippen LogP contribution in [0.15, 0.2) is 23.1 Å². The molecule has 2 aliphatic heterocycles. The highest BCUT2D eigenvalue weighted by molar-refractivity contribution is 8.00. The second kappa shape index (κ2) is 6.27. The summed E-state index contributed by atoms with van der Waals surface area (Å²) in [5.74, 6) is 0.660. The fraction of sp³-hybridized carbons (Fsp3) is 0.438. The molecule has 0 saturated carbocycles. The van der Waals surface area contributed by atoms with Gasteiger partial charge in [0.25, 0.3) is 5.56 Å². The molecule has 4 rings (SSSR count). The molecule has 26 heavy (non-hydrogen) atoms. The highest BCUT2D eigenvalue weighted by atomic mass is 32.2. The Bertz CT molecular complexity index is 1040. The predicted molar refractivity (Wildman–Crippen MR) is 99.3 cm³/mol. The number of nitrogens with zero attached hydrogens (tertiary/aromatic N) is 2. The summed E-state index contributed by atoms with van der Waals surface area (Å²) in [5.41, 5.74) is 1.80. The number of rotatable bonds is 2. The summed E-state index contributed by atoms with van der Waals surface area (Å²) in [6.45, 7) is 1.82. The first kappa shape index (κ1) is 17.3. The zero-order valence-corrected chi connectivity index (χ0v) is 15.7. The van der Waals surface area contributed by atoms with Gasteiger partial charge in [0, 0.05) is 17.3 Å². The highest BCUT2D eigenvalue weighted by Crippen LogP contribution is 2.43. The fourth-order valence-corrected chi connectivity index (χ4v) is 6.42. The van der Waals surface area contributed by atoms with Crippen LogP contribution >= 0.6 is 11.8 Å². The van der Waals surface area contributed by atoms with E-state index in [1.165, 1.54) is 11.8 Å². The lowest BCUT2D eigenvalue weighted by Crippen LogP contribution is -2.20. The van der Waals surface area contributed by atoms with Gasteiger partial charge in [0.2, 0.25) is 5.91 Å². The smallest absolute Gasteiger partial charge is 0.252 e. The van der Waals surface area contributed by atoms with Crippen molar-refractivity contribution in [3.05, 3.63) is 45.5 Å². The first-order valence-corrected chi connectivity index (χ1v) is 11.1. The van der Waals surface area contributed by atoms with E-state index in [9.17, 15) is 18.0 Å². The molecule has 0 spiro atoms. The molecule has 10 heteroatoms. The maximum Gasteiger partial charge on any atom is 0.252 e. The number of fused-ring (bicyclic) bond motifs is 1. The SMILES string of the molecule is Cc1nn([C@H]2CCS(=O)(=O)C2)c2c1[C@H](c1ccc[nH]c1=O)SCC(=O)N2. The van der Waals surface area contributed by atoms with Gasteiger partial charge in [-0.1, -0.05) is 6.07 Å². The summed E-state index contributed by atoms with van der Waals surface area (Å²) in [6.07, 6.45) is 2.03. The van der Waals surface area contributed by atoms with E-state index in [2.05, 4.69) is 15.4 Å². The van der Waals surface area contributed by atoms with Crippen LogP contribution < -0.4 is 10.9 Å². The van der Waals surface area contributed by atoms with Crippen molar-refractivity contribution in [3.63, 3.8) is 0 Å². The number of nitrogens with one attached hydrogen (secondary N) is 2. The van der Waals surface area contributed by atoms with Crippen LogP contribution in [0, 0.1) is 6.92 Å². The number of thioether (sulfide) groups is 1. The molecule has 1 fully saturated rings. The maximum atomic E-state index is 12.3. The number of hydrogen-bond acceptors (Lipinski definition) is 6. The van der Waals surface area contributed by atoms with Crippen molar-refractivity contribution in [1.29, 1.82) is 0 Å². The van der Waals surface area contributed by atoms with Crippen LogP contribution in [-0.2, 0) is 14.6 Å². The van der Waals surface area contributed by atoms with Gasteiger partial charge in [0.1, 0.15) is 5.82 Å². The van der Waals surface area contributed by atoms with Gasteiger partial charge < -0.3 is 10.3 Å². The van der Waals surface area contributed by atoms with Crippen molar-refractivity contribution in [3.8, 4) is 0 Å². The van der Waals surface area contributed by atoms with Crippen LogP contribution in [0.2, 0.25) is 0 Å². The first-order chi connectivity index (χ1) is 12.4. The largest absolute Gasteiger partial charge is 0.329 e. The van der Waals surface area contributed by atoms with Crippen LogP contribution in [0.3, 0.4) is 0 Å².